The zero-order chi connectivity index (χ0) is 18.2. The van der Waals surface area contributed by atoms with Gasteiger partial charge in [-0.25, -0.2) is 0 Å². The lowest BCUT2D eigenvalue weighted by atomic mass is 10.2. The first-order valence-electron chi connectivity index (χ1n) is 7.84. The molecule has 7 heteroatoms. The van der Waals surface area contributed by atoms with Crippen LogP contribution in [0.1, 0.15) is 25.0 Å². The van der Waals surface area contributed by atoms with Crippen molar-refractivity contribution in [3.05, 3.63) is 56.5 Å². The summed E-state index contributed by atoms with van der Waals surface area (Å²) in [6.45, 7) is 5.23. The molecule has 0 radical (unpaired) electrons. The van der Waals surface area contributed by atoms with Crippen molar-refractivity contribution < 1.29 is 9.47 Å². The van der Waals surface area contributed by atoms with Gasteiger partial charge in [-0.3, -0.25) is 0 Å². The van der Waals surface area contributed by atoms with E-state index in [1.807, 2.05) is 19.9 Å². The minimum absolute atomic E-state index is 0.415. The maximum absolute atomic E-state index is 6.28. The summed E-state index contributed by atoms with van der Waals surface area (Å²) >= 11 is 18.5. The number of hydrogen-bond donors (Lipinski definition) is 1. The summed E-state index contributed by atoms with van der Waals surface area (Å²) in [6.07, 6.45) is 1.65. The van der Waals surface area contributed by atoms with Gasteiger partial charge in [0.15, 0.2) is 11.5 Å². The maximum Gasteiger partial charge on any atom is 0.179 e. The molecule has 0 bridgehead atoms. The number of nitrogens with one attached hydrogen (secondary N) is 1. The van der Waals surface area contributed by atoms with E-state index in [9.17, 15) is 0 Å². The molecular formula is C18H19Cl3N2O2. The Hall–Kier alpha value is -1.62. The first kappa shape index (κ1) is 19.7. The first-order valence-corrected chi connectivity index (χ1v) is 8.98. The second kappa shape index (κ2) is 9.76. The lowest BCUT2D eigenvalue weighted by molar-refractivity contribution is 0.288. The molecule has 0 heterocycles. The van der Waals surface area contributed by atoms with E-state index in [1.165, 1.54) is 0 Å². The van der Waals surface area contributed by atoms with Crippen molar-refractivity contribution in [3.63, 3.8) is 0 Å². The smallest absolute Gasteiger partial charge is 0.179 e. The van der Waals surface area contributed by atoms with Gasteiger partial charge in [-0.2, -0.15) is 5.10 Å². The van der Waals surface area contributed by atoms with Gasteiger partial charge in [-0.05, 0) is 43.7 Å². The molecule has 0 atom stereocenters. The van der Waals surface area contributed by atoms with Crippen molar-refractivity contribution in [2.75, 3.05) is 13.2 Å². The van der Waals surface area contributed by atoms with Crippen LogP contribution < -0.4 is 14.9 Å². The molecule has 0 aliphatic heterocycles. The number of rotatable bonds is 8. The van der Waals surface area contributed by atoms with Crippen molar-refractivity contribution in [1.82, 2.24) is 5.43 Å². The first-order chi connectivity index (χ1) is 12.1. The fraction of sp³-hybridized carbons (Fsp3) is 0.278. The molecule has 0 fully saturated rings. The largest absolute Gasteiger partial charge is 0.490 e. The Bertz CT molecular complexity index is 731. The number of nitrogens with zero attached hydrogens (tertiary/aromatic N) is 1. The molecule has 25 heavy (non-hydrogen) atoms. The van der Waals surface area contributed by atoms with Crippen LogP contribution in [0, 0.1) is 0 Å². The maximum atomic E-state index is 6.28. The minimum atomic E-state index is 0.415. The van der Waals surface area contributed by atoms with E-state index in [0.717, 1.165) is 11.1 Å². The topological polar surface area (TPSA) is 42.8 Å². The van der Waals surface area contributed by atoms with E-state index < -0.39 is 0 Å². The van der Waals surface area contributed by atoms with Crippen LogP contribution in [0.15, 0.2) is 35.4 Å². The van der Waals surface area contributed by atoms with E-state index in [0.29, 0.717) is 46.3 Å². The Labute approximate surface area is 162 Å². The summed E-state index contributed by atoms with van der Waals surface area (Å²) in [6, 6.07) is 8.97. The second-order valence-electron chi connectivity index (χ2n) is 4.99. The van der Waals surface area contributed by atoms with Crippen molar-refractivity contribution in [3.8, 4) is 11.5 Å². The fourth-order valence-electron chi connectivity index (χ4n) is 2.16. The summed E-state index contributed by atoms with van der Waals surface area (Å²) in [5, 5.41) is 5.86. The lowest BCUT2D eigenvalue weighted by Gasteiger charge is -2.13. The van der Waals surface area contributed by atoms with Gasteiger partial charge in [-0.1, -0.05) is 40.9 Å². The molecule has 0 saturated heterocycles. The molecule has 0 unspecified atom stereocenters. The molecule has 134 valence electrons. The Morgan fingerprint density at radius 2 is 1.68 bits per heavy atom. The molecule has 2 rings (SSSR count). The van der Waals surface area contributed by atoms with E-state index in [-0.39, 0.29) is 0 Å². The highest BCUT2D eigenvalue weighted by molar-refractivity contribution is 6.36. The highest BCUT2D eigenvalue weighted by atomic mass is 35.5. The molecule has 1 N–H and O–H groups in total. The van der Waals surface area contributed by atoms with Crippen LogP contribution in [-0.4, -0.2) is 19.4 Å². The molecule has 0 saturated carbocycles. The number of ether oxygens (including phenoxy) is 2. The van der Waals surface area contributed by atoms with Crippen molar-refractivity contribution in [2.24, 2.45) is 5.10 Å². The predicted octanol–water partition coefficient (Wildman–Crippen LogP) is 5.57. The van der Waals surface area contributed by atoms with Crippen LogP contribution in [-0.2, 0) is 6.54 Å². The minimum Gasteiger partial charge on any atom is -0.490 e. The van der Waals surface area contributed by atoms with Crippen molar-refractivity contribution >= 4 is 41.0 Å². The van der Waals surface area contributed by atoms with Crippen molar-refractivity contribution in [1.29, 1.82) is 0 Å². The van der Waals surface area contributed by atoms with Crippen LogP contribution in [0.4, 0.5) is 0 Å². The number of benzene rings is 2. The molecule has 2 aromatic carbocycles. The second-order valence-corrected chi connectivity index (χ2v) is 6.21. The molecule has 2 aromatic rings. The average Bonchev–Trinajstić information content (AvgIpc) is 2.57. The molecular weight excluding hydrogens is 383 g/mol. The number of hydrazone groups is 1. The summed E-state index contributed by atoms with van der Waals surface area (Å²) < 4.78 is 11.1. The van der Waals surface area contributed by atoms with Gasteiger partial charge in [0.2, 0.25) is 0 Å². The lowest BCUT2D eigenvalue weighted by Crippen LogP contribution is -2.07. The quantitative estimate of drug-likeness (QED) is 0.464. The molecule has 0 aromatic heterocycles. The summed E-state index contributed by atoms with van der Waals surface area (Å²) in [4.78, 5) is 0. The van der Waals surface area contributed by atoms with Gasteiger partial charge in [0, 0.05) is 15.6 Å². The highest BCUT2D eigenvalue weighted by Gasteiger charge is 2.11. The van der Waals surface area contributed by atoms with E-state index in [4.69, 9.17) is 44.3 Å². The van der Waals surface area contributed by atoms with Gasteiger partial charge < -0.3 is 14.9 Å². The van der Waals surface area contributed by atoms with Crippen molar-refractivity contribution in [2.45, 2.75) is 20.4 Å². The molecule has 0 aliphatic rings. The van der Waals surface area contributed by atoms with Gasteiger partial charge in [0.05, 0.1) is 31.0 Å². The normalized spacial score (nSPS) is 10.9. The Morgan fingerprint density at radius 3 is 2.32 bits per heavy atom. The van der Waals surface area contributed by atoms with Crippen LogP contribution in [0.2, 0.25) is 15.1 Å². The Kier molecular flexibility index (Phi) is 7.69. The summed E-state index contributed by atoms with van der Waals surface area (Å²) in [7, 11) is 0. The molecule has 0 spiro atoms. The molecule has 0 amide bonds. The highest BCUT2D eigenvalue weighted by Crippen LogP contribution is 2.36. The van der Waals surface area contributed by atoms with Crippen LogP contribution in [0.3, 0.4) is 0 Å². The summed E-state index contributed by atoms with van der Waals surface area (Å²) in [5.74, 6) is 1.13. The SMILES string of the molecule is CCOc1cc(/C=N/NCc2c(Cl)cccc2Cl)cc(Cl)c1OCC. The van der Waals surface area contributed by atoms with Gasteiger partial charge in [0.25, 0.3) is 0 Å². The zero-order valence-corrected chi connectivity index (χ0v) is 16.3. The molecule has 0 aliphatic carbocycles. The molecule has 4 nitrogen and oxygen atoms in total. The van der Waals surface area contributed by atoms with Crippen LogP contribution in [0.5, 0.6) is 11.5 Å². The van der Waals surface area contributed by atoms with Crippen LogP contribution in [0.25, 0.3) is 0 Å². The third kappa shape index (κ3) is 5.43. The van der Waals surface area contributed by atoms with Gasteiger partial charge in [0.1, 0.15) is 0 Å². The monoisotopic (exact) mass is 400 g/mol. The fourth-order valence-corrected chi connectivity index (χ4v) is 2.96. The third-order valence-corrected chi connectivity index (χ3v) is 4.23. The average molecular weight is 402 g/mol. The summed E-state index contributed by atoms with van der Waals surface area (Å²) in [5.41, 5.74) is 4.51. The third-order valence-electron chi connectivity index (χ3n) is 3.24. The Morgan fingerprint density at radius 1 is 1.00 bits per heavy atom. The van der Waals surface area contributed by atoms with Gasteiger partial charge in [-0.15, -0.1) is 0 Å². The van der Waals surface area contributed by atoms with E-state index in [1.54, 1.807) is 30.5 Å². The predicted molar refractivity (Wildman–Crippen MR) is 105 cm³/mol. The standard InChI is InChI=1S/C18H19Cl3N2O2/c1-3-24-17-9-12(8-16(21)18(17)25-4-2)10-22-23-11-13-14(19)6-5-7-15(13)20/h5-10,23H,3-4,11H2,1-2H3/b22-10+. The zero-order valence-electron chi connectivity index (χ0n) is 14.0. The number of hydrogen-bond acceptors (Lipinski definition) is 4. The van der Waals surface area contributed by atoms with E-state index in [2.05, 4.69) is 10.5 Å². The Balaban J connectivity index is 2.10. The van der Waals surface area contributed by atoms with E-state index >= 15 is 0 Å². The van der Waals surface area contributed by atoms with Gasteiger partial charge >= 0.3 is 0 Å². The van der Waals surface area contributed by atoms with Crippen LogP contribution >= 0.6 is 34.8 Å². The number of halogens is 3.